The fourth-order valence-electron chi connectivity index (χ4n) is 4.17. The van der Waals surface area contributed by atoms with Gasteiger partial charge in [0, 0.05) is 18.8 Å². The molecule has 2 aromatic carbocycles. The van der Waals surface area contributed by atoms with Crippen molar-refractivity contribution >= 4 is 17.5 Å². The number of carbonyl (C=O) groups excluding carboxylic acids is 2. The number of likely N-dealkylation sites (tertiary alicyclic amines) is 1. The Morgan fingerprint density at radius 3 is 2.32 bits per heavy atom. The second-order valence-electron chi connectivity index (χ2n) is 8.26. The van der Waals surface area contributed by atoms with E-state index in [1.165, 1.54) is 5.56 Å². The molecule has 0 spiro atoms. The number of nitrogens with zero attached hydrogens (tertiary/aromatic N) is 1. The first kappa shape index (κ1) is 18.7. The lowest BCUT2D eigenvalue weighted by molar-refractivity contribution is -0.135. The van der Waals surface area contributed by atoms with E-state index in [0.29, 0.717) is 12.3 Å². The zero-order valence-corrected chi connectivity index (χ0v) is 16.4. The zero-order chi connectivity index (χ0) is 19.5. The fraction of sp³-hybridized carbons (Fsp3) is 0.417. The third kappa shape index (κ3) is 4.44. The molecule has 1 heterocycles. The topological polar surface area (TPSA) is 49.4 Å². The maximum Gasteiger partial charge on any atom is 0.228 e. The minimum atomic E-state index is -0.171. The highest BCUT2D eigenvalue weighted by molar-refractivity contribution is 5.99. The van der Waals surface area contributed by atoms with Crippen LogP contribution in [-0.4, -0.2) is 29.8 Å². The number of anilines is 1. The van der Waals surface area contributed by atoms with Crippen molar-refractivity contribution < 1.29 is 9.59 Å². The van der Waals surface area contributed by atoms with Gasteiger partial charge in [-0.15, -0.1) is 0 Å². The van der Waals surface area contributed by atoms with Gasteiger partial charge in [-0.1, -0.05) is 48.0 Å². The number of piperidine rings is 1. The highest BCUT2D eigenvalue weighted by Gasteiger charge is 2.49. The van der Waals surface area contributed by atoms with Crippen molar-refractivity contribution in [1.29, 1.82) is 0 Å². The standard InChI is InChI=1S/C24H28N2O2/c1-17-7-9-20(10-8-17)25-23(27)21-16-22(21)24(28)26-13-11-19(12-14-26)15-18-5-3-2-4-6-18/h2-10,19,21-22H,11-16H2,1H3,(H,25,27). The first-order chi connectivity index (χ1) is 13.6. The summed E-state index contributed by atoms with van der Waals surface area (Å²) < 4.78 is 0. The summed E-state index contributed by atoms with van der Waals surface area (Å²) in [5, 5.41) is 2.94. The SMILES string of the molecule is Cc1ccc(NC(=O)C2CC2C(=O)N2CCC(Cc3ccccc3)CC2)cc1. The van der Waals surface area contributed by atoms with E-state index in [2.05, 4.69) is 29.6 Å². The number of hydrogen-bond acceptors (Lipinski definition) is 2. The Morgan fingerprint density at radius 1 is 0.964 bits per heavy atom. The molecule has 2 aromatic rings. The molecule has 0 bridgehead atoms. The second-order valence-corrected chi connectivity index (χ2v) is 8.26. The molecule has 1 aliphatic heterocycles. The number of rotatable bonds is 5. The predicted molar refractivity (Wildman–Crippen MR) is 111 cm³/mol. The lowest BCUT2D eigenvalue weighted by Gasteiger charge is -2.32. The number of nitrogens with one attached hydrogen (secondary N) is 1. The number of aryl methyl sites for hydroxylation is 1. The lowest BCUT2D eigenvalue weighted by atomic mass is 9.90. The van der Waals surface area contributed by atoms with Gasteiger partial charge in [-0.25, -0.2) is 0 Å². The first-order valence-corrected chi connectivity index (χ1v) is 10.3. The number of hydrogen-bond donors (Lipinski definition) is 1. The second kappa shape index (κ2) is 8.17. The quantitative estimate of drug-likeness (QED) is 0.856. The van der Waals surface area contributed by atoms with Crippen molar-refractivity contribution in [2.45, 2.75) is 32.6 Å². The van der Waals surface area contributed by atoms with Gasteiger partial charge in [0.1, 0.15) is 0 Å². The molecule has 0 aromatic heterocycles. The van der Waals surface area contributed by atoms with Crippen molar-refractivity contribution in [1.82, 2.24) is 4.90 Å². The van der Waals surface area contributed by atoms with Gasteiger partial charge in [-0.2, -0.15) is 0 Å². The summed E-state index contributed by atoms with van der Waals surface area (Å²) in [5.74, 6) is 0.488. The number of benzene rings is 2. The van der Waals surface area contributed by atoms with Crippen LogP contribution in [0.2, 0.25) is 0 Å². The molecule has 4 heteroatoms. The van der Waals surface area contributed by atoms with Crippen LogP contribution in [0.15, 0.2) is 54.6 Å². The zero-order valence-electron chi connectivity index (χ0n) is 16.4. The predicted octanol–water partition coefficient (Wildman–Crippen LogP) is 4.05. The molecule has 2 atom stereocenters. The van der Waals surface area contributed by atoms with Crippen LogP contribution >= 0.6 is 0 Å². The van der Waals surface area contributed by atoms with Crippen molar-refractivity contribution in [2.75, 3.05) is 18.4 Å². The van der Waals surface area contributed by atoms with Crippen LogP contribution in [0.25, 0.3) is 0 Å². The van der Waals surface area contributed by atoms with E-state index in [1.54, 1.807) is 0 Å². The van der Waals surface area contributed by atoms with Crippen molar-refractivity contribution in [2.24, 2.45) is 17.8 Å². The molecule has 2 unspecified atom stereocenters. The molecular formula is C24H28N2O2. The van der Waals surface area contributed by atoms with E-state index in [-0.39, 0.29) is 23.7 Å². The molecule has 1 N–H and O–H groups in total. The van der Waals surface area contributed by atoms with Gasteiger partial charge < -0.3 is 10.2 Å². The molecule has 0 radical (unpaired) electrons. The summed E-state index contributed by atoms with van der Waals surface area (Å²) >= 11 is 0. The molecule has 1 aliphatic carbocycles. The van der Waals surface area contributed by atoms with Crippen LogP contribution in [0.5, 0.6) is 0 Å². The van der Waals surface area contributed by atoms with Crippen LogP contribution in [-0.2, 0) is 16.0 Å². The van der Waals surface area contributed by atoms with Gasteiger partial charge >= 0.3 is 0 Å². The van der Waals surface area contributed by atoms with E-state index in [9.17, 15) is 9.59 Å². The van der Waals surface area contributed by atoms with Crippen molar-refractivity contribution in [3.63, 3.8) is 0 Å². The molecule has 1 saturated carbocycles. The largest absolute Gasteiger partial charge is 0.342 e. The van der Waals surface area contributed by atoms with E-state index in [1.807, 2.05) is 42.2 Å². The number of carbonyl (C=O) groups is 2. The third-order valence-corrected chi connectivity index (χ3v) is 6.06. The van der Waals surface area contributed by atoms with E-state index in [0.717, 1.165) is 43.6 Å². The van der Waals surface area contributed by atoms with Gasteiger partial charge in [-0.3, -0.25) is 9.59 Å². The van der Waals surface area contributed by atoms with Gasteiger partial charge in [0.25, 0.3) is 0 Å². The Morgan fingerprint density at radius 2 is 1.64 bits per heavy atom. The fourth-order valence-corrected chi connectivity index (χ4v) is 4.17. The summed E-state index contributed by atoms with van der Waals surface area (Å²) in [7, 11) is 0. The Bertz CT molecular complexity index is 823. The van der Waals surface area contributed by atoms with Gasteiger partial charge in [0.2, 0.25) is 11.8 Å². The highest BCUT2D eigenvalue weighted by Crippen LogP contribution is 2.41. The van der Waals surface area contributed by atoms with Gasteiger partial charge in [-0.05, 0) is 56.2 Å². The highest BCUT2D eigenvalue weighted by atomic mass is 16.2. The molecular weight excluding hydrogens is 348 g/mol. The smallest absolute Gasteiger partial charge is 0.228 e. The Labute approximate surface area is 166 Å². The number of amides is 2. The van der Waals surface area contributed by atoms with Crippen LogP contribution < -0.4 is 5.32 Å². The van der Waals surface area contributed by atoms with Crippen LogP contribution in [0.4, 0.5) is 5.69 Å². The third-order valence-electron chi connectivity index (χ3n) is 6.06. The minimum Gasteiger partial charge on any atom is -0.342 e. The Hall–Kier alpha value is -2.62. The van der Waals surface area contributed by atoms with Crippen LogP contribution in [0.3, 0.4) is 0 Å². The van der Waals surface area contributed by atoms with E-state index < -0.39 is 0 Å². The van der Waals surface area contributed by atoms with Gasteiger partial charge in [0.15, 0.2) is 0 Å². The molecule has 2 aliphatic rings. The summed E-state index contributed by atoms with van der Waals surface area (Å²) in [4.78, 5) is 27.2. The summed E-state index contributed by atoms with van der Waals surface area (Å²) in [6, 6.07) is 18.3. The maximum atomic E-state index is 12.8. The van der Waals surface area contributed by atoms with Crippen LogP contribution in [0, 0.1) is 24.7 Å². The molecule has 2 amide bonds. The Balaban J connectivity index is 1.24. The van der Waals surface area contributed by atoms with Crippen molar-refractivity contribution in [3.05, 3.63) is 65.7 Å². The maximum absolute atomic E-state index is 12.8. The van der Waals surface area contributed by atoms with Crippen LogP contribution in [0.1, 0.15) is 30.4 Å². The average molecular weight is 377 g/mol. The minimum absolute atomic E-state index is 0.0267. The van der Waals surface area contributed by atoms with E-state index >= 15 is 0 Å². The van der Waals surface area contributed by atoms with Gasteiger partial charge in [0.05, 0.1) is 11.8 Å². The molecule has 28 heavy (non-hydrogen) atoms. The summed E-state index contributed by atoms with van der Waals surface area (Å²) in [6.07, 6.45) is 3.87. The lowest BCUT2D eigenvalue weighted by Crippen LogP contribution is -2.40. The summed E-state index contributed by atoms with van der Waals surface area (Å²) in [5.41, 5.74) is 3.34. The van der Waals surface area contributed by atoms with Crippen molar-refractivity contribution in [3.8, 4) is 0 Å². The molecule has 2 fully saturated rings. The molecule has 1 saturated heterocycles. The normalized spacial score (nSPS) is 22.0. The average Bonchev–Trinajstić information content (AvgIpc) is 3.52. The molecule has 4 rings (SSSR count). The summed E-state index contributed by atoms with van der Waals surface area (Å²) in [6.45, 7) is 3.66. The monoisotopic (exact) mass is 376 g/mol. The first-order valence-electron chi connectivity index (χ1n) is 10.3. The Kier molecular flexibility index (Phi) is 5.47. The molecule has 4 nitrogen and oxygen atoms in total. The van der Waals surface area contributed by atoms with E-state index in [4.69, 9.17) is 0 Å². The molecule has 146 valence electrons.